The van der Waals surface area contributed by atoms with E-state index in [0.29, 0.717) is 19.3 Å². The fourth-order valence-corrected chi connectivity index (χ4v) is 11.4. The summed E-state index contributed by atoms with van der Waals surface area (Å²) in [6.07, 6.45) is 30.6. The number of nitrogens with one attached hydrogen (secondary N) is 1. The molecular weight excluding hydrogens is 1030 g/mol. The number of nitrogens with zero attached hydrogens (tertiary/aromatic N) is 1. The van der Waals surface area contributed by atoms with Gasteiger partial charge in [-0.25, -0.2) is 22.3 Å². The van der Waals surface area contributed by atoms with Crippen LogP contribution in [-0.2, 0) is 57.7 Å². The van der Waals surface area contributed by atoms with Gasteiger partial charge in [0.2, 0.25) is 15.9 Å². The fourth-order valence-electron chi connectivity index (χ4n) is 8.60. The zero-order valence-corrected chi connectivity index (χ0v) is 52.9. The van der Waals surface area contributed by atoms with E-state index in [1.807, 2.05) is 0 Å². The molecule has 0 saturated carbocycles. The molecule has 0 bridgehead atoms. The van der Waals surface area contributed by atoms with E-state index in [4.69, 9.17) is 23.7 Å². The minimum atomic E-state index is -4.19. The van der Waals surface area contributed by atoms with Crippen LogP contribution >= 0.6 is 11.8 Å². The third-order valence-corrected chi connectivity index (χ3v) is 15.9. The summed E-state index contributed by atoms with van der Waals surface area (Å²) in [4.78, 5) is 77.8. The van der Waals surface area contributed by atoms with Crippen molar-refractivity contribution in [1.82, 2.24) is 9.62 Å². The first-order valence-corrected chi connectivity index (χ1v) is 33.4. The van der Waals surface area contributed by atoms with E-state index in [0.717, 1.165) is 49.3 Å². The second-order valence-electron chi connectivity index (χ2n) is 24.3. The molecule has 0 saturated heterocycles. The van der Waals surface area contributed by atoms with Gasteiger partial charge in [0, 0.05) is 43.7 Å². The minimum absolute atomic E-state index is 0.00144. The van der Waals surface area contributed by atoms with Gasteiger partial charge >= 0.3 is 30.0 Å². The van der Waals surface area contributed by atoms with Gasteiger partial charge in [0.15, 0.2) is 0 Å². The first-order chi connectivity index (χ1) is 36.8. The van der Waals surface area contributed by atoms with Crippen molar-refractivity contribution in [3.63, 3.8) is 0 Å². The predicted octanol–water partition coefficient (Wildman–Crippen LogP) is 15.2. The van der Waals surface area contributed by atoms with Crippen molar-refractivity contribution in [2.75, 3.05) is 30.4 Å². The molecule has 1 N–H and O–H groups in total. The SMILES string of the molecule is CCCCCCCCCCCCCCCC(=O)OCC(CSCCS(=O)(=O)N(CCCCCC(=O)N[C@@H](CCC(=O)OC(C)(C)C)C(=O)OC(C)(C)C)C(=O)OC(C)(C)C)OC(=O)CCCCCCCCCCCCCCC. The van der Waals surface area contributed by atoms with E-state index >= 15 is 0 Å². The van der Waals surface area contributed by atoms with Gasteiger partial charge < -0.3 is 29.0 Å². The average molecular weight is 1150 g/mol. The number of amides is 2. The van der Waals surface area contributed by atoms with Gasteiger partial charge in [-0.3, -0.25) is 19.2 Å². The van der Waals surface area contributed by atoms with Crippen LogP contribution in [0.2, 0.25) is 0 Å². The van der Waals surface area contributed by atoms with Crippen LogP contribution in [0.25, 0.3) is 0 Å². The van der Waals surface area contributed by atoms with Crippen molar-refractivity contribution >= 4 is 57.7 Å². The second kappa shape index (κ2) is 44.6. The Morgan fingerprint density at radius 3 is 1.35 bits per heavy atom. The van der Waals surface area contributed by atoms with Crippen LogP contribution < -0.4 is 5.32 Å². The summed E-state index contributed by atoms with van der Waals surface area (Å²) in [6, 6.07) is -1.08. The molecule has 2 atom stereocenters. The van der Waals surface area contributed by atoms with Crippen molar-refractivity contribution < 1.29 is 60.9 Å². The summed E-state index contributed by atoms with van der Waals surface area (Å²) in [5, 5.41) is 2.68. The molecule has 0 rings (SSSR count). The van der Waals surface area contributed by atoms with E-state index < -0.39 is 68.7 Å². The Morgan fingerprint density at radius 1 is 0.487 bits per heavy atom. The van der Waals surface area contributed by atoms with Crippen molar-refractivity contribution in [1.29, 1.82) is 0 Å². The molecule has 458 valence electrons. The molecule has 2 amide bonds. The number of rotatable bonds is 48. The Morgan fingerprint density at radius 2 is 0.897 bits per heavy atom. The number of unbranched alkanes of at least 4 members (excludes halogenated alkanes) is 26. The van der Waals surface area contributed by atoms with E-state index in [9.17, 15) is 37.2 Å². The fraction of sp³-hybridized carbons (Fsp3) is 0.902. The highest BCUT2D eigenvalue weighted by molar-refractivity contribution is 8.00. The van der Waals surface area contributed by atoms with Crippen LogP contribution in [0, 0.1) is 0 Å². The van der Waals surface area contributed by atoms with Gasteiger partial charge in [-0.2, -0.15) is 11.8 Å². The number of sulfonamides is 1. The lowest BCUT2D eigenvalue weighted by Crippen LogP contribution is -2.44. The number of hydrogen-bond donors (Lipinski definition) is 1. The summed E-state index contributed by atoms with van der Waals surface area (Å²) in [5.41, 5.74) is -2.51. The van der Waals surface area contributed by atoms with Crippen LogP contribution in [0.5, 0.6) is 0 Å². The maximum atomic E-state index is 13.8. The van der Waals surface area contributed by atoms with Gasteiger partial charge in [-0.15, -0.1) is 0 Å². The number of ether oxygens (including phenoxy) is 5. The normalized spacial score (nSPS) is 12.9. The molecule has 0 aromatic heterocycles. The molecule has 78 heavy (non-hydrogen) atoms. The second-order valence-corrected chi connectivity index (χ2v) is 27.5. The quantitative estimate of drug-likeness (QED) is 0.0343. The molecule has 17 heteroatoms. The number of carbonyl (C=O) groups excluding carboxylic acids is 6. The average Bonchev–Trinajstić information content (AvgIpc) is 3.33. The highest BCUT2D eigenvalue weighted by atomic mass is 32.2. The summed E-state index contributed by atoms with van der Waals surface area (Å²) in [5.74, 6) is -2.52. The van der Waals surface area contributed by atoms with Gasteiger partial charge in [0.1, 0.15) is 35.6 Å². The zero-order chi connectivity index (χ0) is 58.7. The number of esters is 4. The Bertz CT molecular complexity index is 1720. The minimum Gasteiger partial charge on any atom is -0.462 e. The first-order valence-electron chi connectivity index (χ1n) is 30.7. The van der Waals surface area contributed by atoms with Crippen LogP contribution in [-0.4, -0.2) is 108 Å². The summed E-state index contributed by atoms with van der Waals surface area (Å²) in [7, 11) is -4.19. The third kappa shape index (κ3) is 46.6. The first kappa shape index (κ1) is 74.9. The topological polar surface area (TPSA) is 198 Å². The molecule has 0 aliphatic carbocycles. The Balaban J connectivity index is 5.42. The van der Waals surface area contributed by atoms with Gasteiger partial charge in [-0.1, -0.05) is 174 Å². The highest BCUT2D eigenvalue weighted by Gasteiger charge is 2.32. The summed E-state index contributed by atoms with van der Waals surface area (Å²) >= 11 is 1.23. The van der Waals surface area contributed by atoms with Gasteiger partial charge in [0.05, 0.1) is 5.75 Å². The van der Waals surface area contributed by atoms with Crippen LogP contribution in [0.1, 0.15) is 294 Å². The monoisotopic (exact) mass is 1150 g/mol. The molecule has 0 aliphatic rings. The van der Waals surface area contributed by atoms with Crippen molar-refractivity contribution in [2.45, 2.75) is 323 Å². The molecule has 0 fully saturated rings. The smallest absolute Gasteiger partial charge is 0.424 e. The molecule has 0 radical (unpaired) electrons. The Labute approximate surface area is 479 Å². The molecule has 0 aliphatic heterocycles. The standard InChI is InChI=1S/C61H114N2O13S2/c1-12-14-16-18-20-22-24-26-28-30-32-34-38-42-54(65)72-49-51(73-55(66)43-39-35-33-31-29-27-25-23-21-19-17-15-13-2)50-77-47-48-78(70,71)63(58(69)76-61(9,10)11)46-40-36-37-41-53(64)62-52(57(68)75-60(6,7)8)44-45-56(67)74-59(3,4)5/h51-52H,12-50H2,1-11H3,(H,62,64)/t51?,52-/m0/s1. The van der Waals surface area contributed by atoms with Crippen LogP contribution in [0.15, 0.2) is 0 Å². The molecule has 0 heterocycles. The van der Waals surface area contributed by atoms with Crippen molar-refractivity contribution in [2.24, 2.45) is 0 Å². The lowest BCUT2D eigenvalue weighted by molar-refractivity contribution is -0.160. The maximum absolute atomic E-state index is 13.8. The van der Waals surface area contributed by atoms with E-state index in [-0.39, 0.29) is 75.1 Å². The highest BCUT2D eigenvalue weighted by Crippen LogP contribution is 2.20. The molecule has 0 aromatic rings. The molecule has 15 nitrogen and oxygen atoms in total. The maximum Gasteiger partial charge on any atom is 0.424 e. The lowest BCUT2D eigenvalue weighted by Gasteiger charge is -2.27. The summed E-state index contributed by atoms with van der Waals surface area (Å²) < 4.78 is 56.2. The lowest BCUT2D eigenvalue weighted by atomic mass is 10.0. The Hall–Kier alpha value is -3.08. The molecule has 0 spiro atoms. The number of carbonyl (C=O) groups is 6. The number of hydrogen-bond acceptors (Lipinski definition) is 14. The zero-order valence-electron chi connectivity index (χ0n) is 51.3. The van der Waals surface area contributed by atoms with E-state index in [2.05, 4.69) is 19.2 Å². The van der Waals surface area contributed by atoms with Crippen LogP contribution in [0.3, 0.4) is 0 Å². The summed E-state index contributed by atoms with van der Waals surface area (Å²) in [6.45, 7) is 19.4. The van der Waals surface area contributed by atoms with Gasteiger partial charge in [0.25, 0.3) is 0 Å². The van der Waals surface area contributed by atoms with Crippen molar-refractivity contribution in [3.05, 3.63) is 0 Å². The third-order valence-electron chi connectivity index (χ3n) is 12.8. The number of thioether (sulfide) groups is 1. The van der Waals surface area contributed by atoms with Crippen molar-refractivity contribution in [3.8, 4) is 0 Å². The van der Waals surface area contributed by atoms with E-state index in [1.165, 1.54) is 127 Å². The van der Waals surface area contributed by atoms with E-state index in [1.54, 1.807) is 62.3 Å². The molecule has 1 unspecified atom stereocenters. The Kier molecular flexibility index (Phi) is 42.8. The van der Waals surface area contributed by atoms with Gasteiger partial charge in [-0.05, 0) is 94.4 Å². The molecule has 0 aromatic carbocycles. The van der Waals surface area contributed by atoms with Crippen LogP contribution in [0.4, 0.5) is 4.79 Å². The predicted molar refractivity (Wildman–Crippen MR) is 317 cm³/mol. The molecular formula is C61H114N2O13S2. The largest absolute Gasteiger partial charge is 0.462 e.